The molecule has 2 aliphatic carbocycles. The van der Waals surface area contributed by atoms with Gasteiger partial charge in [-0.05, 0) is 49.9 Å². The van der Waals surface area contributed by atoms with Crippen molar-refractivity contribution in [3.05, 3.63) is 40.1 Å². The van der Waals surface area contributed by atoms with Crippen LogP contribution in [0.1, 0.15) is 67.0 Å². The average molecular weight is 460 g/mol. The molecule has 2 saturated carbocycles. The molecule has 0 saturated heterocycles. The van der Waals surface area contributed by atoms with Crippen LogP contribution in [0.3, 0.4) is 0 Å². The largest absolute Gasteiger partial charge is 0.354 e. The van der Waals surface area contributed by atoms with E-state index in [1.54, 1.807) is 4.68 Å². The van der Waals surface area contributed by atoms with Crippen molar-refractivity contribution in [3.63, 3.8) is 0 Å². The highest BCUT2D eigenvalue weighted by molar-refractivity contribution is 9.10. The van der Waals surface area contributed by atoms with E-state index in [1.807, 2.05) is 24.3 Å². The van der Waals surface area contributed by atoms with Crippen LogP contribution in [0.2, 0.25) is 0 Å². The van der Waals surface area contributed by atoms with Crippen LogP contribution in [0.4, 0.5) is 0 Å². The Hall–Kier alpha value is -2.22. The number of aromatic nitrogens is 3. The van der Waals surface area contributed by atoms with Gasteiger partial charge >= 0.3 is 0 Å². The van der Waals surface area contributed by atoms with E-state index >= 15 is 0 Å². The van der Waals surface area contributed by atoms with Crippen molar-refractivity contribution >= 4 is 27.7 Å². The molecular weight excluding hydrogens is 434 g/mol. The monoisotopic (exact) mass is 459 g/mol. The van der Waals surface area contributed by atoms with Crippen molar-refractivity contribution < 1.29 is 9.59 Å². The highest BCUT2D eigenvalue weighted by Gasteiger charge is 2.34. The maximum atomic E-state index is 12.7. The third-order valence-corrected chi connectivity index (χ3v) is 6.17. The Morgan fingerprint density at radius 2 is 1.69 bits per heavy atom. The molecule has 2 aliphatic rings. The summed E-state index contributed by atoms with van der Waals surface area (Å²) in [5, 5.41) is 14.2. The Morgan fingerprint density at radius 1 is 1.00 bits per heavy atom. The predicted molar refractivity (Wildman–Crippen MR) is 113 cm³/mol. The molecule has 0 atom stereocenters. The van der Waals surface area contributed by atoms with Crippen LogP contribution in [0.15, 0.2) is 28.7 Å². The minimum atomic E-state index is -0.234. The lowest BCUT2D eigenvalue weighted by Crippen LogP contribution is -2.38. The van der Waals surface area contributed by atoms with Crippen LogP contribution >= 0.6 is 15.9 Å². The van der Waals surface area contributed by atoms with Gasteiger partial charge in [-0.15, -0.1) is 5.10 Å². The Bertz CT molecular complexity index is 870. The maximum absolute atomic E-state index is 12.7. The van der Waals surface area contributed by atoms with Gasteiger partial charge in [0.1, 0.15) is 0 Å². The first-order valence-corrected chi connectivity index (χ1v) is 11.2. The molecule has 2 amide bonds. The highest BCUT2D eigenvalue weighted by Crippen LogP contribution is 2.42. The van der Waals surface area contributed by atoms with Crippen molar-refractivity contribution in [2.24, 2.45) is 5.92 Å². The van der Waals surface area contributed by atoms with E-state index in [1.165, 1.54) is 6.42 Å². The van der Waals surface area contributed by atoms with E-state index in [0.29, 0.717) is 24.7 Å². The van der Waals surface area contributed by atoms with Gasteiger partial charge in [0.05, 0.1) is 11.4 Å². The van der Waals surface area contributed by atoms with Crippen molar-refractivity contribution in [2.75, 3.05) is 13.1 Å². The smallest absolute Gasteiger partial charge is 0.273 e. The fourth-order valence-corrected chi connectivity index (χ4v) is 4.17. The molecule has 0 spiro atoms. The summed E-state index contributed by atoms with van der Waals surface area (Å²) in [5.74, 6) is 0.327. The molecule has 1 aromatic heterocycles. The van der Waals surface area contributed by atoms with Gasteiger partial charge < -0.3 is 10.6 Å². The molecule has 2 N–H and O–H groups in total. The molecule has 1 aromatic carbocycles. The van der Waals surface area contributed by atoms with Gasteiger partial charge in [-0.1, -0.05) is 40.4 Å². The second-order valence-electron chi connectivity index (χ2n) is 7.87. The summed E-state index contributed by atoms with van der Waals surface area (Å²) in [5.41, 5.74) is 2.14. The number of hydrogen-bond acceptors (Lipinski definition) is 4. The van der Waals surface area contributed by atoms with Crippen molar-refractivity contribution in [1.82, 2.24) is 25.6 Å². The summed E-state index contributed by atoms with van der Waals surface area (Å²) in [6.07, 6.45) is 7.52. The van der Waals surface area contributed by atoms with Crippen LogP contribution < -0.4 is 10.6 Å². The summed E-state index contributed by atoms with van der Waals surface area (Å²) in [4.78, 5) is 24.9. The average Bonchev–Trinajstić information content (AvgIpc) is 3.50. The van der Waals surface area contributed by atoms with E-state index in [0.717, 1.165) is 54.4 Å². The summed E-state index contributed by atoms with van der Waals surface area (Å²) in [6.45, 7) is 0.813. The van der Waals surface area contributed by atoms with Crippen molar-refractivity contribution in [3.8, 4) is 5.69 Å². The van der Waals surface area contributed by atoms with E-state index in [-0.39, 0.29) is 17.7 Å². The van der Waals surface area contributed by atoms with Gasteiger partial charge in [-0.2, -0.15) is 0 Å². The normalized spacial score (nSPS) is 17.1. The molecule has 4 rings (SSSR count). The number of nitrogens with zero attached hydrogens (tertiary/aromatic N) is 3. The Balaban J connectivity index is 1.35. The summed E-state index contributed by atoms with van der Waals surface area (Å²) in [6, 6.07) is 7.80. The topological polar surface area (TPSA) is 88.9 Å². The molecule has 7 nitrogen and oxygen atoms in total. The zero-order valence-electron chi connectivity index (χ0n) is 16.4. The summed E-state index contributed by atoms with van der Waals surface area (Å²) >= 11 is 3.44. The van der Waals surface area contributed by atoms with Crippen molar-refractivity contribution in [1.29, 1.82) is 0 Å². The minimum Gasteiger partial charge on any atom is -0.354 e. The third kappa shape index (κ3) is 4.86. The highest BCUT2D eigenvalue weighted by atomic mass is 79.9. The number of amides is 2. The first-order valence-electron chi connectivity index (χ1n) is 10.4. The fraction of sp³-hybridized carbons (Fsp3) is 0.524. The molecule has 8 heteroatoms. The lowest BCUT2D eigenvalue weighted by molar-refractivity contribution is -0.125. The van der Waals surface area contributed by atoms with E-state index in [9.17, 15) is 9.59 Å². The van der Waals surface area contributed by atoms with E-state index < -0.39 is 0 Å². The van der Waals surface area contributed by atoms with Crippen LogP contribution in [-0.2, 0) is 4.79 Å². The van der Waals surface area contributed by atoms with Crippen LogP contribution in [0.5, 0.6) is 0 Å². The zero-order valence-corrected chi connectivity index (χ0v) is 18.0. The van der Waals surface area contributed by atoms with Crippen LogP contribution in [-0.4, -0.2) is 39.9 Å². The summed E-state index contributed by atoms with van der Waals surface area (Å²) < 4.78 is 2.76. The second kappa shape index (κ2) is 9.07. The number of nitrogens with one attached hydrogen (secondary N) is 2. The second-order valence-corrected chi connectivity index (χ2v) is 8.78. The SMILES string of the molecule is O=C(NCCNC(=O)C1CCCCC1)c1nnn(-c2ccc(Br)cc2)c1C1CC1. The van der Waals surface area contributed by atoms with E-state index in [2.05, 4.69) is 36.9 Å². The van der Waals surface area contributed by atoms with Gasteiger partial charge in [0.2, 0.25) is 5.91 Å². The first kappa shape index (κ1) is 20.1. The molecule has 154 valence electrons. The Kier molecular flexibility index (Phi) is 6.28. The standard InChI is InChI=1S/C21H26BrN5O2/c22-16-8-10-17(11-9-16)27-19(14-6-7-14)18(25-26-27)21(29)24-13-12-23-20(28)15-4-2-1-3-5-15/h8-11,14-15H,1-7,12-13H2,(H,23,28)(H,24,29). The number of hydrogen-bond donors (Lipinski definition) is 2. The quantitative estimate of drug-likeness (QED) is 0.621. The molecule has 29 heavy (non-hydrogen) atoms. The first-order chi connectivity index (χ1) is 14.1. The van der Waals surface area contributed by atoms with Gasteiger partial charge in [0.25, 0.3) is 5.91 Å². The zero-order chi connectivity index (χ0) is 20.2. The number of benzene rings is 1. The molecule has 0 bridgehead atoms. The van der Waals surface area contributed by atoms with Crippen LogP contribution in [0.25, 0.3) is 5.69 Å². The number of rotatable bonds is 7. The maximum Gasteiger partial charge on any atom is 0.273 e. The lowest BCUT2D eigenvalue weighted by Gasteiger charge is -2.20. The molecule has 0 radical (unpaired) electrons. The fourth-order valence-electron chi connectivity index (χ4n) is 3.90. The third-order valence-electron chi connectivity index (χ3n) is 5.64. The van der Waals surface area contributed by atoms with Gasteiger partial charge in [-0.25, -0.2) is 4.68 Å². The molecule has 0 unspecified atom stereocenters. The predicted octanol–water partition coefficient (Wildman–Crippen LogP) is 3.33. The minimum absolute atomic E-state index is 0.110. The van der Waals surface area contributed by atoms with Gasteiger partial charge in [0.15, 0.2) is 5.69 Å². The van der Waals surface area contributed by atoms with Crippen molar-refractivity contribution in [2.45, 2.75) is 50.9 Å². The molecule has 0 aliphatic heterocycles. The van der Waals surface area contributed by atoms with Gasteiger partial charge in [0, 0.05) is 29.4 Å². The number of carbonyl (C=O) groups excluding carboxylic acids is 2. The van der Waals surface area contributed by atoms with E-state index in [4.69, 9.17) is 0 Å². The Labute approximate surface area is 178 Å². The molecular formula is C21H26BrN5O2. The molecule has 2 aromatic rings. The molecule has 2 fully saturated rings. The van der Waals surface area contributed by atoms with Gasteiger partial charge in [-0.3, -0.25) is 9.59 Å². The van der Waals surface area contributed by atoms with Crippen LogP contribution in [0, 0.1) is 5.92 Å². The Morgan fingerprint density at radius 3 is 2.38 bits per heavy atom. The molecule has 1 heterocycles. The number of halogens is 1. The number of carbonyl (C=O) groups is 2. The lowest BCUT2D eigenvalue weighted by atomic mass is 9.89. The summed E-state index contributed by atoms with van der Waals surface area (Å²) in [7, 11) is 0.